The molecular formula is C15H17N3OS. The van der Waals surface area contributed by atoms with Crippen molar-refractivity contribution < 1.29 is 4.79 Å². The molecule has 0 radical (unpaired) electrons. The predicted molar refractivity (Wildman–Crippen MR) is 85.0 cm³/mol. The molecule has 0 aliphatic heterocycles. The predicted octanol–water partition coefficient (Wildman–Crippen LogP) is 2.86. The Kier molecular flexibility index (Phi) is 4.79. The maximum atomic E-state index is 11.7. The molecule has 0 saturated heterocycles. The zero-order valence-corrected chi connectivity index (χ0v) is 11.9. The van der Waals surface area contributed by atoms with E-state index in [1.165, 1.54) is 0 Å². The quantitative estimate of drug-likeness (QED) is 0.716. The van der Waals surface area contributed by atoms with Crippen molar-refractivity contribution in [2.24, 2.45) is 0 Å². The van der Waals surface area contributed by atoms with Crippen molar-refractivity contribution in [3.63, 3.8) is 0 Å². The lowest BCUT2D eigenvalue weighted by Crippen LogP contribution is -2.23. The highest BCUT2D eigenvalue weighted by atomic mass is 32.1. The van der Waals surface area contributed by atoms with E-state index in [1.54, 1.807) is 29.5 Å². The van der Waals surface area contributed by atoms with E-state index in [4.69, 9.17) is 5.73 Å². The lowest BCUT2D eigenvalue weighted by atomic mass is 10.2. The Balaban J connectivity index is 1.93. The van der Waals surface area contributed by atoms with Gasteiger partial charge < -0.3 is 16.4 Å². The van der Waals surface area contributed by atoms with Gasteiger partial charge in [0.2, 0.25) is 0 Å². The van der Waals surface area contributed by atoms with E-state index >= 15 is 0 Å². The summed E-state index contributed by atoms with van der Waals surface area (Å²) >= 11 is 1.62. The first-order chi connectivity index (χ1) is 9.70. The molecule has 1 heterocycles. The lowest BCUT2D eigenvalue weighted by molar-refractivity contribution is 0.0958. The first-order valence-electron chi connectivity index (χ1n) is 6.25. The number of rotatable bonds is 6. The summed E-state index contributed by atoms with van der Waals surface area (Å²) in [6, 6.07) is 9.24. The Morgan fingerprint density at radius 2 is 2.05 bits per heavy atom. The number of amides is 1. The Morgan fingerprint density at radius 3 is 2.65 bits per heavy atom. The standard InChI is InChI=1S/C15H17N3OS/c1-2-8-17-15(19)11-3-5-12(6-4-11)18-10-14-13(16)7-9-20-14/h2-7,9,18H,1,8,10,16H2,(H,17,19). The van der Waals surface area contributed by atoms with Crippen molar-refractivity contribution in [1.82, 2.24) is 5.32 Å². The second-order valence-electron chi connectivity index (χ2n) is 4.23. The smallest absolute Gasteiger partial charge is 0.251 e. The van der Waals surface area contributed by atoms with Gasteiger partial charge in [-0.15, -0.1) is 17.9 Å². The molecule has 2 rings (SSSR count). The van der Waals surface area contributed by atoms with E-state index in [1.807, 2.05) is 23.6 Å². The van der Waals surface area contributed by atoms with Gasteiger partial charge in [-0.1, -0.05) is 6.08 Å². The van der Waals surface area contributed by atoms with Crippen LogP contribution in [0.2, 0.25) is 0 Å². The van der Waals surface area contributed by atoms with E-state index in [9.17, 15) is 4.79 Å². The second kappa shape index (κ2) is 6.77. The maximum absolute atomic E-state index is 11.7. The zero-order valence-electron chi connectivity index (χ0n) is 11.1. The molecule has 0 fully saturated rings. The summed E-state index contributed by atoms with van der Waals surface area (Å²) < 4.78 is 0. The largest absolute Gasteiger partial charge is 0.398 e. The monoisotopic (exact) mass is 287 g/mol. The van der Waals surface area contributed by atoms with Gasteiger partial charge in [0.25, 0.3) is 5.91 Å². The minimum Gasteiger partial charge on any atom is -0.398 e. The number of hydrogen-bond acceptors (Lipinski definition) is 4. The van der Waals surface area contributed by atoms with E-state index in [-0.39, 0.29) is 5.91 Å². The third-order valence-electron chi connectivity index (χ3n) is 2.79. The number of anilines is 2. The Hall–Kier alpha value is -2.27. The van der Waals surface area contributed by atoms with Gasteiger partial charge in [0.05, 0.1) is 6.54 Å². The van der Waals surface area contributed by atoms with Crippen LogP contribution in [0.5, 0.6) is 0 Å². The number of thiophene rings is 1. The summed E-state index contributed by atoms with van der Waals surface area (Å²) in [6.07, 6.45) is 1.65. The van der Waals surface area contributed by atoms with Crippen LogP contribution < -0.4 is 16.4 Å². The molecule has 0 bridgehead atoms. The molecule has 5 heteroatoms. The van der Waals surface area contributed by atoms with Crippen LogP contribution in [0.25, 0.3) is 0 Å². The molecule has 0 spiro atoms. The summed E-state index contributed by atoms with van der Waals surface area (Å²) in [5, 5.41) is 7.99. The minimum atomic E-state index is -0.0982. The highest BCUT2D eigenvalue weighted by Gasteiger charge is 2.04. The molecule has 0 unspecified atom stereocenters. The van der Waals surface area contributed by atoms with Gasteiger partial charge in [-0.05, 0) is 35.7 Å². The van der Waals surface area contributed by atoms with Crippen LogP contribution >= 0.6 is 11.3 Å². The van der Waals surface area contributed by atoms with Gasteiger partial charge in [-0.25, -0.2) is 0 Å². The van der Waals surface area contributed by atoms with Crippen molar-refractivity contribution in [2.75, 3.05) is 17.6 Å². The molecule has 20 heavy (non-hydrogen) atoms. The van der Waals surface area contributed by atoms with Crippen molar-refractivity contribution in [3.8, 4) is 0 Å². The zero-order chi connectivity index (χ0) is 14.4. The average Bonchev–Trinajstić information content (AvgIpc) is 2.88. The summed E-state index contributed by atoms with van der Waals surface area (Å²) in [4.78, 5) is 12.8. The number of nitrogens with two attached hydrogens (primary N) is 1. The molecular weight excluding hydrogens is 270 g/mol. The molecule has 1 aromatic heterocycles. The first kappa shape index (κ1) is 14.1. The second-order valence-corrected chi connectivity index (χ2v) is 5.23. The molecule has 0 aliphatic rings. The third-order valence-corrected chi connectivity index (χ3v) is 3.72. The van der Waals surface area contributed by atoms with Crippen LogP contribution in [0.15, 0.2) is 48.4 Å². The number of carbonyl (C=O) groups is 1. The van der Waals surface area contributed by atoms with Crippen molar-refractivity contribution in [3.05, 3.63) is 58.8 Å². The summed E-state index contributed by atoms with van der Waals surface area (Å²) in [7, 11) is 0. The fraction of sp³-hybridized carbons (Fsp3) is 0.133. The highest BCUT2D eigenvalue weighted by molar-refractivity contribution is 7.10. The topological polar surface area (TPSA) is 67.2 Å². The number of nitrogen functional groups attached to an aromatic ring is 1. The van der Waals surface area contributed by atoms with E-state index in [0.717, 1.165) is 16.3 Å². The summed E-state index contributed by atoms with van der Waals surface area (Å²) in [6.45, 7) is 4.72. The fourth-order valence-corrected chi connectivity index (χ4v) is 2.42. The minimum absolute atomic E-state index is 0.0982. The van der Waals surface area contributed by atoms with E-state index in [2.05, 4.69) is 17.2 Å². The molecule has 0 atom stereocenters. The Bertz CT molecular complexity index is 589. The van der Waals surface area contributed by atoms with Crippen LogP contribution in [0.3, 0.4) is 0 Å². The fourth-order valence-electron chi connectivity index (χ4n) is 1.68. The van der Waals surface area contributed by atoms with Crippen LogP contribution in [0, 0.1) is 0 Å². The Labute approximate surface area is 122 Å². The average molecular weight is 287 g/mol. The third kappa shape index (κ3) is 3.61. The first-order valence-corrected chi connectivity index (χ1v) is 7.13. The normalized spacial score (nSPS) is 10.0. The van der Waals surface area contributed by atoms with Gasteiger partial charge >= 0.3 is 0 Å². The van der Waals surface area contributed by atoms with Crippen LogP contribution in [-0.2, 0) is 6.54 Å². The molecule has 2 aromatic rings. The molecule has 1 amide bonds. The van der Waals surface area contributed by atoms with Gasteiger partial charge in [-0.3, -0.25) is 4.79 Å². The van der Waals surface area contributed by atoms with Gasteiger partial charge in [-0.2, -0.15) is 0 Å². The van der Waals surface area contributed by atoms with Crippen LogP contribution in [-0.4, -0.2) is 12.5 Å². The number of hydrogen-bond donors (Lipinski definition) is 3. The summed E-state index contributed by atoms with van der Waals surface area (Å²) in [5.41, 5.74) is 8.22. The van der Waals surface area contributed by atoms with Gasteiger partial charge in [0.1, 0.15) is 0 Å². The summed E-state index contributed by atoms with van der Waals surface area (Å²) in [5.74, 6) is -0.0982. The molecule has 1 aromatic carbocycles. The van der Waals surface area contributed by atoms with E-state index in [0.29, 0.717) is 18.7 Å². The molecule has 0 aliphatic carbocycles. The van der Waals surface area contributed by atoms with Gasteiger partial charge in [0, 0.05) is 28.4 Å². The molecule has 104 valence electrons. The van der Waals surface area contributed by atoms with Crippen LogP contribution in [0.4, 0.5) is 11.4 Å². The molecule has 0 saturated carbocycles. The number of nitrogens with one attached hydrogen (secondary N) is 2. The Morgan fingerprint density at radius 1 is 1.30 bits per heavy atom. The van der Waals surface area contributed by atoms with Crippen molar-refractivity contribution in [1.29, 1.82) is 0 Å². The van der Waals surface area contributed by atoms with Gasteiger partial charge in [0.15, 0.2) is 0 Å². The SMILES string of the molecule is C=CCNC(=O)c1ccc(NCc2sccc2N)cc1. The lowest BCUT2D eigenvalue weighted by Gasteiger charge is -2.07. The highest BCUT2D eigenvalue weighted by Crippen LogP contribution is 2.20. The molecule has 4 N–H and O–H groups in total. The van der Waals surface area contributed by atoms with Crippen molar-refractivity contribution in [2.45, 2.75) is 6.54 Å². The van der Waals surface area contributed by atoms with E-state index < -0.39 is 0 Å². The number of benzene rings is 1. The number of carbonyl (C=O) groups excluding carboxylic acids is 1. The maximum Gasteiger partial charge on any atom is 0.251 e. The molecule has 4 nitrogen and oxygen atoms in total. The van der Waals surface area contributed by atoms with Crippen LogP contribution in [0.1, 0.15) is 15.2 Å². The van der Waals surface area contributed by atoms with Crippen molar-refractivity contribution >= 4 is 28.6 Å².